The maximum absolute atomic E-state index is 14.8. The Bertz CT molecular complexity index is 2680. The minimum atomic E-state index is -1.42. The third kappa shape index (κ3) is 16.8. The van der Waals surface area contributed by atoms with E-state index in [1.54, 1.807) is 24.5 Å². The summed E-state index contributed by atoms with van der Waals surface area (Å²) in [5.41, 5.74) is 37.7. The summed E-state index contributed by atoms with van der Waals surface area (Å²) < 4.78 is 0. The van der Waals surface area contributed by atoms with E-state index in [-0.39, 0.29) is 82.1 Å². The van der Waals surface area contributed by atoms with Gasteiger partial charge >= 0.3 is 5.97 Å². The quantitative estimate of drug-likeness (QED) is 0.0163. The van der Waals surface area contributed by atoms with Crippen LogP contribution in [0.1, 0.15) is 61.6 Å². The molecule has 5 amide bonds. The zero-order valence-corrected chi connectivity index (χ0v) is 39.9. The van der Waals surface area contributed by atoms with Crippen molar-refractivity contribution in [3.63, 3.8) is 0 Å². The lowest BCUT2D eigenvalue weighted by molar-refractivity contribution is -0.142. The van der Waals surface area contributed by atoms with Crippen molar-refractivity contribution in [3.8, 4) is 5.75 Å². The van der Waals surface area contributed by atoms with Crippen LogP contribution >= 0.6 is 0 Å². The van der Waals surface area contributed by atoms with Gasteiger partial charge in [-0.15, -0.1) is 0 Å². The highest BCUT2D eigenvalue weighted by Crippen LogP contribution is 2.21. The molecule has 6 atom stereocenters. The average Bonchev–Trinajstić information content (AvgIpc) is 3.96. The van der Waals surface area contributed by atoms with Crippen LogP contribution in [-0.2, 0) is 48.0 Å². The number of carboxylic acids is 1. The zero-order chi connectivity index (χ0) is 52.2. The molecule has 5 rings (SSSR count). The number of amides is 5. The number of aliphatic carboxylic acids is 1. The van der Waals surface area contributed by atoms with Gasteiger partial charge in [-0.1, -0.05) is 48.5 Å². The number of aromatic hydroxyl groups is 1. The van der Waals surface area contributed by atoms with Crippen LogP contribution in [-0.4, -0.2) is 123 Å². The van der Waals surface area contributed by atoms with Crippen molar-refractivity contribution in [3.05, 3.63) is 102 Å². The number of benzene rings is 3. The molecule has 0 unspecified atom stereocenters. The molecule has 2 aromatic heterocycles. The summed E-state index contributed by atoms with van der Waals surface area (Å²) in [4.78, 5) is 97.9. The van der Waals surface area contributed by atoms with Gasteiger partial charge in [-0.25, -0.2) is 4.79 Å². The number of unbranched alkanes of at least 4 members (excludes halogenated alkanes) is 1. The number of carboxylic acid groups (broad SMARTS) is 1. The molecule has 5 aromatic rings. The van der Waals surface area contributed by atoms with Gasteiger partial charge in [0.25, 0.3) is 0 Å². The number of nitrogens with one attached hydrogen (secondary N) is 7. The number of rotatable bonds is 29. The lowest BCUT2D eigenvalue weighted by Crippen LogP contribution is -2.60. The largest absolute Gasteiger partial charge is 0.508 e. The Labute approximate surface area is 415 Å². The summed E-state index contributed by atoms with van der Waals surface area (Å²) in [6.45, 7) is 0.522. The molecule has 0 saturated heterocycles. The van der Waals surface area contributed by atoms with E-state index >= 15 is 0 Å². The number of aliphatic imine (C=N–C) groups is 2. The highest BCUT2D eigenvalue weighted by atomic mass is 16.4. The number of nitrogens with zero attached hydrogens (tertiary/aromatic N) is 2. The summed E-state index contributed by atoms with van der Waals surface area (Å²) in [5, 5.41) is 35.2. The minimum absolute atomic E-state index is 0.0316. The van der Waals surface area contributed by atoms with Crippen molar-refractivity contribution < 1.29 is 39.0 Å². The second-order valence-electron chi connectivity index (χ2n) is 17.4. The molecule has 0 saturated carbocycles. The molecule has 0 radical (unpaired) electrons. The molecule has 0 aliphatic carbocycles. The predicted molar refractivity (Wildman–Crippen MR) is 274 cm³/mol. The molecule has 0 aliphatic rings. The molecule has 0 aliphatic heterocycles. The van der Waals surface area contributed by atoms with Crippen molar-refractivity contribution in [1.82, 2.24) is 36.6 Å². The van der Waals surface area contributed by atoms with Gasteiger partial charge in [0, 0.05) is 60.1 Å². The Balaban J connectivity index is 1.45. The van der Waals surface area contributed by atoms with Gasteiger partial charge in [0.1, 0.15) is 36.0 Å². The maximum Gasteiger partial charge on any atom is 0.326 e. The molecule has 2 heterocycles. The van der Waals surface area contributed by atoms with Crippen LogP contribution < -0.4 is 61.0 Å². The van der Waals surface area contributed by atoms with Gasteiger partial charge < -0.3 is 81.2 Å². The van der Waals surface area contributed by atoms with Crippen molar-refractivity contribution in [2.24, 2.45) is 44.4 Å². The number of guanidine groups is 2. The first-order valence-electron chi connectivity index (χ1n) is 23.7. The van der Waals surface area contributed by atoms with Gasteiger partial charge in [-0.3, -0.25) is 34.0 Å². The normalized spacial score (nSPS) is 13.6. The van der Waals surface area contributed by atoms with Crippen LogP contribution in [0.15, 0.2) is 95.2 Å². The number of H-pyrrole nitrogens is 2. The molecule has 3 aromatic carbocycles. The third-order valence-electron chi connectivity index (χ3n) is 11.9. The molecular formula is C49H67N15O8. The van der Waals surface area contributed by atoms with Crippen LogP contribution in [0.5, 0.6) is 5.75 Å². The second-order valence-corrected chi connectivity index (χ2v) is 17.4. The first kappa shape index (κ1) is 54.8. The van der Waals surface area contributed by atoms with Crippen molar-refractivity contribution in [1.29, 1.82) is 0 Å². The standard InChI is InChI=1S/C49H67N15O8/c50-20-6-5-13-39(47(71)72)62-43(67)38(15-8-22-57-49(54)55)61-45(69)40(23-28-16-18-31(65)19-17-28)63-46(70)41(25-30-27-59-36-12-4-2-10-33(30)36)64-44(68)37(14-7-21-56-48(52)53)60-42(66)34(51)24-29-26-58-35-11-3-1-9-32(29)35/h1-4,9-12,16-19,26-27,34,37-41,58-59,65H,5-8,13-15,20-25,50-51H2,(H,60,66)(H,61,69)(H,62,67)(H,63,70)(H,64,68)(H,71,72)(H4,52,53,56)(H4,54,55,57)/t34-,37-,38-,39-,40-,41-/m0/s1. The monoisotopic (exact) mass is 994 g/mol. The van der Waals surface area contributed by atoms with E-state index in [9.17, 15) is 39.0 Å². The van der Waals surface area contributed by atoms with Crippen LogP contribution in [0.25, 0.3) is 21.8 Å². The molecule has 386 valence electrons. The minimum Gasteiger partial charge on any atom is -0.508 e. The fourth-order valence-electron chi connectivity index (χ4n) is 8.10. The Morgan fingerprint density at radius 2 is 0.958 bits per heavy atom. The van der Waals surface area contributed by atoms with E-state index in [1.165, 1.54) is 12.1 Å². The molecular weight excluding hydrogens is 927 g/mol. The number of hydrogen-bond acceptors (Lipinski definition) is 11. The topological polar surface area (TPSA) is 415 Å². The van der Waals surface area contributed by atoms with Crippen LogP contribution in [0.3, 0.4) is 0 Å². The van der Waals surface area contributed by atoms with Crippen LogP contribution in [0.4, 0.5) is 0 Å². The van der Waals surface area contributed by atoms with Gasteiger partial charge in [0.05, 0.1) is 6.04 Å². The molecule has 0 spiro atoms. The molecule has 0 fully saturated rings. The lowest BCUT2D eigenvalue weighted by atomic mass is 10.0. The van der Waals surface area contributed by atoms with E-state index in [4.69, 9.17) is 34.4 Å². The van der Waals surface area contributed by atoms with Crippen molar-refractivity contribution in [2.45, 2.75) is 100 Å². The van der Waals surface area contributed by atoms with E-state index < -0.39 is 71.8 Å². The number of phenolic OH excluding ortho intramolecular Hbond substituents is 1. The summed E-state index contributed by atoms with van der Waals surface area (Å²) >= 11 is 0. The lowest BCUT2D eigenvalue weighted by Gasteiger charge is -2.27. The van der Waals surface area contributed by atoms with Gasteiger partial charge in [-0.05, 0) is 98.9 Å². The average molecular weight is 994 g/mol. The third-order valence-corrected chi connectivity index (χ3v) is 11.9. The highest BCUT2D eigenvalue weighted by molar-refractivity contribution is 5.97. The number of para-hydroxylation sites is 2. The summed E-state index contributed by atoms with van der Waals surface area (Å²) in [7, 11) is 0. The molecule has 72 heavy (non-hydrogen) atoms. The number of phenols is 1. The van der Waals surface area contributed by atoms with Gasteiger partial charge in [0.15, 0.2) is 11.9 Å². The number of hydrogen-bond donors (Lipinski definition) is 15. The van der Waals surface area contributed by atoms with Crippen LogP contribution in [0, 0.1) is 0 Å². The number of fused-ring (bicyclic) bond motifs is 2. The molecule has 21 N–H and O–H groups in total. The van der Waals surface area contributed by atoms with E-state index in [1.807, 2.05) is 48.5 Å². The molecule has 23 heteroatoms. The Morgan fingerprint density at radius 1 is 0.528 bits per heavy atom. The van der Waals surface area contributed by atoms with Crippen molar-refractivity contribution in [2.75, 3.05) is 19.6 Å². The van der Waals surface area contributed by atoms with E-state index in [2.05, 4.69) is 46.5 Å². The second kappa shape index (κ2) is 27.3. The highest BCUT2D eigenvalue weighted by Gasteiger charge is 2.34. The SMILES string of the molecule is NCCCC[C@H](NC(=O)[C@H](CCCN=C(N)N)NC(=O)[C@H](Cc1ccc(O)cc1)NC(=O)[C@H](Cc1c[nH]c2ccccc12)NC(=O)[C@H](CCCN=C(N)N)NC(=O)[C@@H](N)Cc1c[nH]c2ccccc12)C(=O)O. The summed E-state index contributed by atoms with van der Waals surface area (Å²) in [6.07, 6.45) is 4.78. The first-order valence-corrected chi connectivity index (χ1v) is 23.7. The van der Waals surface area contributed by atoms with E-state index in [0.717, 1.165) is 27.4 Å². The number of carbonyl (C=O) groups is 6. The van der Waals surface area contributed by atoms with E-state index in [0.29, 0.717) is 30.5 Å². The Hall–Kier alpha value is -8.18. The zero-order valence-electron chi connectivity index (χ0n) is 39.9. The number of aromatic amines is 2. The predicted octanol–water partition coefficient (Wildman–Crippen LogP) is -0.545. The van der Waals surface area contributed by atoms with Crippen LogP contribution in [0.2, 0.25) is 0 Å². The Kier molecular flexibility index (Phi) is 20.7. The summed E-state index contributed by atoms with van der Waals surface area (Å²) in [5.74, 6) is -5.52. The van der Waals surface area contributed by atoms with Gasteiger partial charge in [0.2, 0.25) is 29.5 Å². The fraction of sp³-hybridized carbons (Fsp3) is 0.388. The molecule has 0 bridgehead atoms. The number of carbonyl (C=O) groups excluding carboxylic acids is 5. The maximum atomic E-state index is 14.8. The summed E-state index contributed by atoms with van der Waals surface area (Å²) in [6, 6.07) is 13.0. The Morgan fingerprint density at radius 3 is 1.46 bits per heavy atom. The number of aromatic nitrogens is 2. The fourth-order valence-corrected chi connectivity index (χ4v) is 8.10. The molecule has 23 nitrogen and oxygen atoms in total. The number of nitrogens with two attached hydrogens (primary N) is 6. The first-order chi connectivity index (χ1) is 34.5. The smallest absolute Gasteiger partial charge is 0.326 e. The van der Waals surface area contributed by atoms with Crippen molar-refractivity contribution >= 4 is 69.2 Å². The van der Waals surface area contributed by atoms with Gasteiger partial charge in [-0.2, -0.15) is 0 Å².